The van der Waals surface area contributed by atoms with Gasteiger partial charge >= 0.3 is 0 Å². The first kappa shape index (κ1) is 22.3. The third-order valence-corrected chi connectivity index (χ3v) is 7.18. The van der Waals surface area contributed by atoms with Gasteiger partial charge in [-0.3, -0.25) is 9.67 Å². The van der Waals surface area contributed by atoms with Crippen LogP contribution in [0.25, 0.3) is 11.1 Å². The van der Waals surface area contributed by atoms with Crippen molar-refractivity contribution in [3.63, 3.8) is 0 Å². The number of benzene rings is 1. The number of rotatable bonds is 4. The maximum absolute atomic E-state index is 14.3. The van der Waals surface area contributed by atoms with Crippen molar-refractivity contribution < 1.29 is 13.5 Å². The van der Waals surface area contributed by atoms with Crippen molar-refractivity contribution in [1.29, 1.82) is 0 Å². The molecule has 0 bridgehead atoms. The van der Waals surface area contributed by atoms with Gasteiger partial charge in [-0.2, -0.15) is 5.10 Å². The summed E-state index contributed by atoms with van der Waals surface area (Å²) in [5.74, 6) is 1.88. The first-order valence-corrected chi connectivity index (χ1v) is 12.3. The van der Waals surface area contributed by atoms with Crippen molar-refractivity contribution >= 4 is 17.7 Å². The summed E-state index contributed by atoms with van der Waals surface area (Å²) in [4.78, 5) is 16.6. The van der Waals surface area contributed by atoms with Gasteiger partial charge in [-0.05, 0) is 48.9 Å². The van der Waals surface area contributed by atoms with Crippen LogP contribution in [0.2, 0.25) is 0 Å². The quantitative estimate of drug-likeness (QED) is 0.541. The first-order valence-electron chi connectivity index (χ1n) is 12.3. The molecule has 0 N–H and O–H groups in total. The molecule has 0 amide bonds. The largest absolute Gasteiger partial charge is 0.381 e. The molecule has 5 heterocycles. The second-order valence-corrected chi connectivity index (χ2v) is 9.46. The van der Waals surface area contributed by atoms with Gasteiger partial charge < -0.3 is 9.64 Å². The zero-order chi connectivity index (χ0) is 23.9. The Balaban J connectivity index is 1.49. The van der Waals surface area contributed by atoms with Crippen LogP contribution in [0.5, 0.6) is 0 Å². The Bertz CT molecular complexity index is 1280. The minimum absolute atomic E-state index is 0.0184. The van der Waals surface area contributed by atoms with Crippen LogP contribution in [0, 0.1) is 0 Å². The number of ether oxygens (including phenoxy) is 1. The van der Waals surface area contributed by atoms with Gasteiger partial charge in [0, 0.05) is 74.9 Å². The number of nitrogens with zero attached hydrogens (tertiary/aromatic N) is 6. The Kier molecular flexibility index (Phi) is 5.80. The number of halogens is 2. The number of anilines is 2. The van der Waals surface area contributed by atoms with Crippen molar-refractivity contribution in [2.45, 2.75) is 44.4 Å². The van der Waals surface area contributed by atoms with Crippen LogP contribution >= 0.6 is 0 Å². The van der Waals surface area contributed by atoms with Crippen molar-refractivity contribution in [3.8, 4) is 11.1 Å². The van der Waals surface area contributed by atoms with E-state index in [2.05, 4.69) is 15.0 Å². The van der Waals surface area contributed by atoms with E-state index in [0.29, 0.717) is 37.4 Å². The molecule has 1 aromatic carbocycles. The first-order chi connectivity index (χ1) is 17.1. The van der Waals surface area contributed by atoms with E-state index in [4.69, 9.17) is 14.7 Å². The molecule has 1 saturated heterocycles. The van der Waals surface area contributed by atoms with Crippen LogP contribution in [0.3, 0.4) is 0 Å². The van der Waals surface area contributed by atoms with E-state index in [0.717, 1.165) is 66.3 Å². The van der Waals surface area contributed by atoms with Gasteiger partial charge in [-0.15, -0.1) is 0 Å². The topological polar surface area (TPSA) is 68.4 Å². The second kappa shape index (κ2) is 9.11. The summed E-state index contributed by atoms with van der Waals surface area (Å²) in [5, 5.41) is 4.19. The van der Waals surface area contributed by atoms with Gasteiger partial charge in [0.15, 0.2) is 0 Å². The lowest BCUT2D eigenvalue weighted by atomic mass is 9.92. The number of aryl methyl sites for hydroxylation is 2. The molecule has 3 aliphatic rings. The van der Waals surface area contributed by atoms with Crippen molar-refractivity contribution in [1.82, 2.24) is 19.7 Å². The molecule has 3 aromatic rings. The lowest BCUT2D eigenvalue weighted by Crippen LogP contribution is -2.29. The number of aromatic nitrogens is 4. The molecule has 0 radical (unpaired) electrons. The summed E-state index contributed by atoms with van der Waals surface area (Å²) >= 11 is 0. The molecule has 35 heavy (non-hydrogen) atoms. The van der Waals surface area contributed by atoms with E-state index >= 15 is 0 Å². The number of hydrogen-bond donors (Lipinski definition) is 0. The third-order valence-electron chi connectivity index (χ3n) is 7.18. The Morgan fingerprint density at radius 2 is 1.97 bits per heavy atom. The number of hydrogen-bond acceptors (Lipinski definition) is 6. The summed E-state index contributed by atoms with van der Waals surface area (Å²) in [7, 11) is 1.79. The second-order valence-electron chi connectivity index (χ2n) is 9.46. The van der Waals surface area contributed by atoms with Crippen molar-refractivity contribution in [2.75, 3.05) is 31.2 Å². The van der Waals surface area contributed by atoms with E-state index in [1.54, 1.807) is 30.2 Å². The molecule has 9 heteroatoms. The highest BCUT2D eigenvalue weighted by Gasteiger charge is 2.30. The van der Waals surface area contributed by atoms with Gasteiger partial charge in [0.1, 0.15) is 11.6 Å². The van der Waals surface area contributed by atoms with Crippen molar-refractivity contribution in [2.24, 2.45) is 12.0 Å². The van der Waals surface area contributed by atoms with E-state index in [9.17, 15) is 8.78 Å². The van der Waals surface area contributed by atoms with E-state index in [1.807, 2.05) is 12.3 Å². The molecule has 3 aliphatic heterocycles. The highest BCUT2D eigenvalue weighted by molar-refractivity contribution is 5.91. The molecule has 6 rings (SSSR count). The maximum Gasteiger partial charge on any atom is 0.264 e. The monoisotopic (exact) mass is 478 g/mol. The number of fused-ring (bicyclic) bond motifs is 2. The van der Waals surface area contributed by atoms with Gasteiger partial charge in [-0.1, -0.05) is 0 Å². The zero-order valence-corrected chi connectivity index (χ0v) is 19.8. The molecule has 2 aromatic heterocycles. The fraction of sp³-hybridized carbons (Fsp3) is 0.462. The summed E-state index contributed by atoms with van der Waals surface area (Å²) in [6, 6.07) is 3.57. The lowest BCUT2D eigenvalue weighted by molar-refractivity contribution is 0.0835. The smallest absolute Gasteiger partial charge is 0.264 e. The normalized spacial score (nSPS) is 18.1. The van der Waals surface area contributed by atoms with Crippen LogP contribution in [0.15, 0.2) is 29.5 Å². The Morgan fingerprint density at radius 3 is 2.74 bits per heavy atom. The fourth-order valence-corrected chi connectivity index (χ4v) is 5.37. The minimum Gasteiger partial charge on any atom is -0.381 e. The van der Waals surface area contributed by atoms with Gasteiger partial charge in [0.2, 0.25) is 0 Å². The predicted octanol–water partition coefficient (Wildman–Crippen LogP) is 4.77. The molecule has 0 unspecified atom stereocenters. The van der Waals surface area contributed by atoms with Crippen molar-refractivity contribution in [3.05, 3.63) is 52.7 Å². The minimum atomic E-state index is -2.60. The average molecular weight is 479 g/mol. The molecule has 0 saturated carbocycles. The summed E-state index contributed by atoms with van der Waals surface area (Å²) < 4.78 is 35.8. The molecular weight excluding hydrogens is 450 g/mol. The van der Waals surface area contributed by atoms with Gasteiger partial charge in [-0.25, -0.2) is 18.7 Å². The zero-order valence-electron chi connectivity index (χ0n) is 19.8. The van der Waals surface area contributed by atoms with Crippen LogP contribution in [-0.4, -0.2) is 52.3 Å². The van der Waals surface area contributed by atoms with Gasteiger partial charge in [0.25, 0.3) is 6.43 Å². The number of alkyl halides is 2. The van der Waals surface area contributed by atoms with Crippen LogP contribution in [0.4, 0.5) is 20.3 Å². The predicted molar refractivity (Wildman–Crippen MR) is 130 cm³/mol. The van der Waals surface area contributed by atoms with Crippen LogP contribution in [0.1, 0.15) is 59.8 Å². The molecule has 1 fully saturated rings. The molecule has 0 aliphatic carbocycles. The summed E-state index contributed by atoms with van der Waals surface area (Å²) in [6.07, 6.45) is 6.98. The third kappa shape index (κ3) is 4.11. The highest BCUT2D eigenvalue weighted by atomic mass is 19.3. The fourth-order valence-electron chi connectivity index (χ4n) is 5.37. The Labute approximate surface area is 202 Å². The summed E-state index contributed by atoms with van der Waals surface area (Å²) in [5.41, 5.74) is 5.03. The maximum atomic E-state index is 14.3. The molecule has 182 valence electrons. The average Bonchev–Trinajstić information content (AvgIpc) is 3.33. The number of aliphatic imine (C=N–C) groups is 1. The molecule has 0 spiro atoms. The Morgan fingerprint density at radius 1 is 1.11 bits per heavy atom. The van der Waals surface area contributed by atoms with E-state index in [-0.39, 0.29) is 11.5 Å². The highest BCUT2D eigenvalue weighted by Crippen LogP contribution is 2.42. The molecular formula is C26H28F2N6O. The lowest BCUT2D eigenvalue weighted by Gasteiger charge is -2.34. The van der Waals surface area contributed by atoms with E-state index < -0.39 is 6.43 Å². The molecule has 7 nitrogen and oxygen atoms in total. The van der Waals surface area contributed by atoms with Crippen LogP contribution in [-0.2, 0) is 24.6 Å². The summed E-state index contributed by atoms with van der Waals surface area (Å²) in [6.45, 7) is 2.84. The molecule has 0 atom stereocenters. The SMILES string of the molecule is Cn1cc(-c2cc3c(cc2C(F)F)N(c2nc(C4CCOCC4)nc4c2C=NCC4)CCC3)cn1. The van der Waals surface area contributed by atoms with Crippen LogP contribution < -0.4 is 4.90 Å². The van der Waals surface area contributed by atoms with Gasteiger partial charge in [0.05, 0.1) is 17.5 Å². The van der Waals surface area contributed by atoms with E-state index in [1.165, 1.54) is 0 Å². The Hall–Kier alpha value is -3.20. The standard InChI is InChI=1S/C26H28F2N6O/c1-33-15-18(13-30-33)19-11-17-3-2-8-34(23(17)12-20(19)24(27)28)26-21-14-29-7-4-22(21)31-25(32-26)16-5-9-35-10-6-16/h11-16,24H,2-10H2,1H3.